The number of carboxylic acids is 1. The molecule has 0 aromatic carbocycles. The van der Waals surface area contributed by atoms with E-state index < -0.39 is 5.97 Å². The number of ether oxygens (including phenoxy) is 1. The number of hydrogen-bond acceptors (Lipinski definition) is 5. The van der Waals surface area contributed by atoms with Crippen LogP contribution in [-0.2, 0) is 14.9 Å². The van der Waals surface area contributed by atoms with Gasteiger partial charge in [0.1, 0.15) is 11.1 Å². The minimum atomic E-state index is -0.711. The van der Waals surface area contributed by atoms with Gasteiger partial charge in [0.2, 0.25) is 0 Å². The van der Waals surface area contributed by atoms with E-state index in [2.05, 4.69) is 31.1 Å². The molecular weight excluding hydrogens is 300 g/mol. The van der Waals surface area contributed by atoms with Crippen molar-refractivity contribution in [1.82, 2.24) is 9.88 Å². The molecule has 1 aliphatic rings. The summed E-state index contributed by atoms with van der Waals surface area (Å²) in [6.45, 7) is 9.93. The van der Waals surface area contributed by atoms with Crippen molar-refractivity contribution in [2.24, 2.45) is 0 Å². The largest absolute Gasteiger partial charge is 0.481 e. The lowest BCUT2D eigenvalue weighted by Crippen LogP contribution is -2.38. The molecule has 22 heavy (non-hydrogen) atoms. The first kappa shape index (κ1) is 17.4. The summed E-state index contributed by atoms with van der Waals surface area (Å²) in [6.07, 6.45) is 1.97. The van der Waals surface area contributed by atoms with E-state index in [1.54, 1.807) is 11.3 Å². The maximum absolute atomic E-state index is 10.5. The zero-order valence-corrected chi connectivity index (χ0v) is 14.5. The molecule has 2 heterocycles. The summed E-state index contributed by atoms with van der Waals surface area (Å²) in [4.78, 5) is 17.6. The fraction of sp³-hybridized carbons (Fsp3) is 0.750. The Bertz CT molecular complexity index is 496. The maximum atomic E-state index is 10.5. The van der Waals surface area contributed by atoms with Crippen LogP contribution in [-0.4, -0.2) is 47.2 Å². The van der Waals surface area contributed by atoms with Crippen molar-refractivity contribution in [1.29, 1.82) is 0 Å². The summed E-state index contributed by atoms with van der Waals surface area (Å²) in [5, 5.41) is 11.9. The Balaban J connectivity index is 1.85. The van der Waals surface area contributed by atoms with Crippen molar-refractivity contribution in [2.75, 3.05) is 26.2 Å². The number of carboxylic acid groups (broad SMARTS) is 1. The zero-order valence-electron chi connectivity index (χ0n) is 13.7. The molecule has 1 aromatic rings. The van der Waals surface area contributed by atoms with Crippen LogP contribution in [0, 0.1) is 0 Å². The molecule has 0 radical (unpaired) electrons. The third-order valence-electron chi connectivity index (χ3n) is 3.83. The molecule has 5 nitrogen and oxygen atoms in total. The van der Waals surface area contributed by atoms with E-state index in [0.29, 0.717) is 6.61 Å². The maximum Gasteiger partial charge on any atom is 0.303 e. The van der Waals surface area contributed by atoms with Crippen molar-refractivity contribution in [2.45, 2.75) is 51.6 Å². The Kier molecular flexibility index (Phi) is 5.94. The Hall–Kier alpha value is -0.980. The van der Waals surface area contributed by atoms with Gasteiger partial charge in [0.15, 0.2) is 0 Å². The minimum absolute atomic E-state index is 0.0503. The van der Waals surface area contributed by atoms with Crippen LogP contribution in [0.3, 0.4) is 0 Å². The first-order valence-electron chi connectivity index (χ1n) is 7.88. The van der Waals surface area contributed by atoms with Gasteiger partial charge in [-0.2, -0.15) is 0 Å². The van der Waals surface area contributed by atoms with E-state index in [9.17, 15) is 4.79 Å². The monoisotopic (exact) mass is 326 g/mol. The molecule has 1 atom stereocenters. The number of nitrogens with zero attached hydrogens (tertiary/aromatic N) is 2. The number of aromatic nitrogens is 1. The second-order valence-electron chi connectivity index (χ2n) is 6.83. The van der Waals surface area contributed by atoms with E-state index in [1.807, 2.05) is 0 Å². The molecule has 0 bridgehead atoms. The predicted molar refractivity (Wildman–Crippen MR) is 87.4 cm³/mol. The van der Waals surface area contributed by atoms with Crippen LogP contribution < -0.4 is 0 Å². The third kappa shape index (κ3) is 5.04. The fourth-order valence-corrected chi connectivity index (χ4v) is 3.53. The third-order valence-corrected chi connectivity index (χ3v) is 4.77. The number of rotatable bonds is 6. The standard InChI is InChI=1S/C16H26N2O3S/c1-16(2,3)13-11-22-15(17-13)12-10-18(8-9-21-12)7-5-4-6-14(19)20/h11-12H,4-10H2,1-3H3,(H,19,20). The van der Waals surface area contributed by atoms with Crippen LogP contribution in [0.5, 0.6) is 0 Å². The number of thiazole rings is 1. The Morgan fingerprint density at radius 2 is 2.27 bits per heavy atom. The topological polar surface area (TPSA) is 62.7 Å². The van der Waals surface area contributed by atoms with Crippen LogP contribution in [0.4, 0.5) is 0 Å². The van der Waals surface area contributed by atoms with Crippen molar-refractivity contribution in [3.63, 3.8) is 0 Å². The van der Waals surface area contributed by atoms with E-state index >= 15 is 0 Å². The molecule has 0 aliphatic carbocycles. The van der Waals surface area contributed by atoms with E-state index in [4.69, 9.17) is 14.8 Å². The second kappa shape index (κ2) is 7.53. The lowest BCUT2D eigenvalue weighted by molar-refractivity contribution is -0.137. The number of unbranched alkanes of at least 4 members (excludes halogenated alkanes) is 1. The van der Waals surface area contributed by atoms with Crippen molar-refractivity contribution < 1.29 is 14.6 Å². The van der Waals surface area contributed by atoms with E-state index in [-0.39, 0.29) is 17.9 Å². The summed E-state index contributed by atoms with van der Waals surface area (Å²) in [5.41, 5.74) is 1.19. The molecule has 1 aromatic heterocycles. The van der Waals surface area contributed by atoms with Gasteiger partial charge in [0.05, 0.1) is 12.3 Å². The highest BCUT2D eigenvalue weighted by molar-refractivity contribution is 7.09. The molecular formula is C16H26N2O3S. The highest BCUT2D eigenvalue weighted by Crippen LogP contribution is 2.30. The van der Waals surface area contributed by atoms with Crippen LogP contribution in [0.15, 0.2) is 5.38 Å². The SMILES string of the molecule is CC(C)(C)c1csc(C2CN(CCCCC(=O)O)CCO2)n1. The molecule has 1 N–H and O–H groups in total. The molecule has 1 unspecified atom stereocenters. The van der Waals surface area contributed by atoms with Gasteiger partial charge < -0.3 is 9.84 Å². The van der Waals surface area contributed by atoms with Gasteiger partial charge in [-0.25, -0.2) is 4.98 Å². The average Bonchev–Trinajstić information content (AvgIpc) is 2.93. The zero-order chi connectivity index (χ0) is 16.2. The Morgan fingerprint density at radius 1 is 1.50 bits per heavy atom. The molecule has 0 spiro atoms. The highest BCUT2D eigenvalue weighted by atomic mass is 32.1. The summed E-state index contributed by atoms with van der Waals surface area (Å²) in [7, 11) is 0. The number of morpholine rings is 1. The average molecular weight is 326 g/mol. The molecule has 1 aliphatic heterocycles. The van der Waals surface area contributed by atoms with Crippen LogP contribution in [0.25, 0.3) is 0 Å². The van der Waals surface area contributed by atoms with Gasteiger partial charge in [-0.1, -0.05) is 20.8 Å². The molecule has 6 heteroatoms. The molecule has 1 fully saturated rings. The first-order valence-corrected chi connectivity index (χ1v) is 8.76. The Morgan fingerprint density at radius 3 is 2.91 bits per heavy atom. The highest BCUT2D eigenvalue weighted by Gasteiger charge is 2.26. The number of aliphatic carboxylic acids is 1. The molecule has 2 rings (SSSR count). The number of carbonyl (C=O) groups is 1. The van der Waals surface area contributed by atoms with Crippen molar-refractivity contribution in [3.8, 4) is 0 Å². The lowest BCUT2D eigenvalue weighted by atomic mass is 9.93. The fourth-order valence-electron chi connectivity index (χ4n) is 2.45. The second-order valence-corrected chi connectivity index (χ2v) is 7.72. The molecule has 124 valence electrons. The molecule has 0 saturated carbocycles. The smallest absolute Gasteiger partial charge is 0.303 e. The minimum Gasteiger partial charge on any atom is -0.481 e. The number of hydrogen-bond donors (Lipinski definition) is 1. The van der Waals surface area contributed by atoms with Crippen LogP contribution in [0.2, 0.25) is 0 Å². The molecule has 1 saturated heterocycles. The van der Waals surface area contributed by atoms with Gasteiger partial charge in [-0.15, -0.1) is 11.3 Å². The van der Waals surface area contributed by atoms with Gasteiger partial charge in [-0.3, -0.25) is 9.69 Å². The van der Waals surface area contributed by atoms with Gasteiger partial charge in [-0.05, 0) is 19.4 Å². The van der Waals surface area contributed by atoms with Crippen LogP contribution >= 0.6 is 11.3 Å². The quantitative estimate of drug-likeness (QED) is 0.814. The van der Waals surface area contributed by atoms with Crippen LogP contribution in [0.1, 0.15) is 56.8 Å². The van der Waals surface area contributed by atoms with Gasteiger partial charge in [0, 0.05) is 30.3 Å². The lowest BCUT2D eigenvalue weighted by Gasteiger charge is -2.32. The molecule has 0 amide bonds. The van der Waals surface area contributed by atoms with Crippen molar-refractivity contribution >= 4 is 17.3 Å². The van der Waals surface area contributed by atoms with Gasteiger partial charge >= 0.3 is 5.97 Å². The first-order chi connectivity index (χ1) is 10.4. The van der Waals surface area contributed by atoms with Crippen molar-refractivity contribution in [3.05, 3.63) is 16.1 Å². The summed E-state index contributed by atoms with van der Waals surface area (Å²) < 4.78 is 5.88. The summed E-state index contributed by atoms with van der Waals surface area (Å²) in [5.74, 6) is -0.711. The van der Waals surface area contributed by atoms with E-state index in [0.717, 1.165) is 43.2 Å². The van der Waals surface area contributed by atoms with E-state index in [1.165, 1.54) is 0 Å². The summed E-state index contributed by atoms with van der Waals surface area (Å²) >= 11 is 1.68. The van der Waals surface area contributed by atoms with Gasteiger partial charge in [0.25, 0.3) is 0 Å². The predicted octanol–water partition coefficient (Wildman–Crippen LogP) is 3.07. The normalized spacial score (nSPS) is 20.2. The Labute approximate surface area is 136 Å². The summed E-state index contributed by atoms with van der Waals surface area (Å²) in [6, 6.07) is 0.